The van der Waals surface area contributed by atoms with Gasteiger partial charge < -0.3 is 19.4 Å². The SMILES string of the molecule is COCCCn1c(C)cc(C(=O)COC(=O)CNC(=O)c2ccc(F)cc2F)c1C. The number of hydrogen-bond donors (Lipinski definition) is 1. The van der Waals surface area contributed by atoms with Crippen LogP contribution in [-0.2, 0) is 20.8 Å². The van der Waals surface area contributed by atoms with Crippen molar-refractivity contribution in [3.05, 3.63) is 58.4 Å². The van der Waals surface area contributed by atoms with Crippen molar-refractivity contribution in [3.8, 4) is 0 Å². The van der Waals surface area contributed by atoms with Crippen molar-refractivity contribution >= 4 is 17.7 Å². The minimum Gasteiger partial charge on any atom is -0.456 e. The normalized spacial score (nSPS) is 10.7. The van der Waals surface area contributed by atoms with Crippen molar-refractivity contribution < 1.29 is 32.6 Å². The van der Waals surface area contributed by atoms with E-state index in [9.17, 15) is 23.2 Å². The van der Waals surface area contributed by atoms with Gasteiger partial charge >= 0.3 is 5.97 Å². The summed E-state index contributed by atoms with van der Waals surface area (Å²) in [4.78, 5) is 36.1. The lowest BCUT2D eigenvalue weighted by Gasteiger charge is -2.09. The van der Waals surface area contributed by atoms with E-state index in [2.05, 4.69) is 5.32 Å². The van der Waals surface area contributed by atoms with E-state index in [1.165, 1.54) is 0 Å². The average Bonchev–Trinajstić information content (AvgIpc) is 2.98. The molecule has 0 aliphatic heterocycles. The van der Waals surface area contributed by atoms with Gasteiger partial charge in [0.15, 0.2) is 6.61 Å². The van der Waals surface area contributed by atoms with Gasteiger partial charge in [0.1, 0.15) is 18.2 Å². The molecule has 1 aromatic heterocycles. The van der Waals surface area contributed by atoms with Crippen LogP contribution in [0.2, 0.25) is 0 Å². The lowest BCUT2D eigenvalue weighted by molar-refractivity contribution is -0.141. The number of Topliss-reactive ketones (excluding diaryl/α,β-unsaturated/α-hetero) is 1. The topological polar surface area (TPSA) is 86.6 Å². The number of aryl methyl sites for hydroxylation is 1. The highest BCUT2D eigenvalue weighted by Crippen LogP contribution is 2.16. The molecule has 0 aliphatic carbocycles. The van der Waals surface area contributed by atoms with Gasteiger partial charge in [0.2, 0.25) is 5.78 Å². The Bertz CT molecular complexity index is 940. The number of benzene rings is 1. The molecule has 7 nitrogen and oxygen atoms in total. The Morgan fingerprint density at radius 3 is 2.50 bits per heavy atom. The van der Waals surface area contributed by atoms with E-state index in [1.807, 2.05) is 18.4 Å². The summed E-state index contributed by atoms with van der Waals surface area (Å²) in [7, 11) is 1.62. The molecule has 0 aliphatic rings. The van der Waals surface area contributed by atoms with Gasteiger partial charge in [-0.15, -0.1) is 0 Å². The summed E-state index contributed by atoms with van der Waals surface area (Å²) in [5.41, 5.74) is 1.73. The molecule has 1 heterocycles. The molecule has 0 bridgehead atoms. The van der Waals surface area contributed by atoms with Gasteiger partial charge in [-0.05, 0) is 38.5 Å². The first-order valence-electron chi connectivity index (χ1n) is 9.32. The zero-order valence-corrected chi connectivity index (χ0v) is 17.1. The number of amides is 1. The largest absolute Gasteiger partial charge is 0.456 e. The van der Waals surface area contributed by atoms with E-state index in [0.717, 1.165) is 29.9 Å². The third-order valence-electron chi connectivity index (χ3n) is 4.54. The third-order valence-corrected chi connectivity index (χ3v) is 4.54. The fraction of sp³-hybridized carbons (Fsp3) is 0.381. The Labute approximate surface area is 173 Å². The zero-order chi connectivity index (χ0) is 22.3. The van der Waals surface area contributed by atoms with Gasteiger partial charge in [-0.1, -0.05) is 0 Å². The predicted molar refractivity (Wildman–Crippen MR) is 104 cm³/mol. The van der Waals surface area contributed by atoms with Crippen LogP contribution in [0.3, 0.4) is 0 Å². The van der Waals surface area contributed by atoms with Crippen molar-refractivity contribution in [2.24, 2.45) is 0 Å². The first-order valence-corrected chi connectivity index (χ1v) is 9.32. The fourth-order valence-corrected chi connectivity index (χ4v) is 2.99. The molecular weight excluding hydrogens is 398 g/mol. The molecule has 0 saturated carbocycles. The summed E-state index contributed by atoms with van der Waals surface area (Å²) in [5.74, 6) is -3.98. The Balaban J connectivity index is 1.86. The summed E-state index contributed by atoms with van der Waals surface area (Å²) >= 11 is 0. The standard InChI is InChI=1S/C21H24F2N2O5/c1-13-9-17(14(2)25(13)7-4-8-29-3)19(26)12-30-20(27)11-24-21(28)16-6-5-15(22)10-18(16)23/h5-6,9-10H,4,7-8,11-12H2,1-3H3,(H,24,28). The van der Waals surface area contributed by atoms with Crippen LogP contribution in [0.5, 0.6) is 0 Å². The van der Waals surface area contributed by atoms with E-state index in [0.29, 0.717) is 24.8 Å². The number of nitrogens with one attached hydrogen (secondary N) is 1. The molecule has 9 heteroatoms. The van der Waals surface area contributed by atoms with Crippen LogP contribution in [0.15, 0.2) is 24.3 Å². The highest BCUT2D eigenvalue weighted by Gasteiger charge is 2.18. The number of carbonyl (C=O) groups is 3. The molecule has 0 atom stereocenters. The average molecular weight is 422 g/mol. The molecule has 162 valence electrons. The van der Waals surface area contributed by atoms with Crippen molar-refractivity contribution in [1.82, 2.24) is 9.88 Å². The molecule has 0 fully saturated rings. The smallest absolute Gasteiger partial charge is 0.325 e. The van der Waals surface area contributed by atoms with Crippen molar-refractivity contribution in [2.75, 3.05) is 26.9 Å². The van der Waals surface area contributed by atoms with Crippen LogP contribution in [0.4, 0.5) is 8.78 Å². The molecule has 0 spiro atoms. The number of rotatable bonds is 10. The number of nitrogens with zero attached hydrogens (tertiary/aromatic N) is 1. The monoisotopic (exact) mass is 422 g/mol. The number of aromatic nitrogens is 1. The highest BCUT2D eigenvalue weighted by atomic mass is 19.1. The van der Waals surface area contributed by atoms with Crippen LogP contribution in [0.1, 0.15) is 38.5 Å². The summed E-state index contributed by atoms with van der Waals surface area (Å²) in [6.07, 6.45) is 0.795. The van der Waals surface area contributed by atoms with Crippen molar-refractivity contribution in [2.45, 2.75) is 26.8 Å². The molecule has 0 radical (unpaired) electrons. The number of ether oxygens (including phenoxy) is 2. The Morgan fingerprint density at radius 2 is 1.83 bits per heavy atom. The molecule has 1 N–H and O–H groups in total. The second kappa shape index (κ2) is 10.6. The van der Waals surface area contributed by atoms with Gasteiger partial charge in [-0.2, -0.15) is 0 Å². The Hall–Kier alpha value is -3.07. The minimum atomic E-state index is -1.04. The van der Waals surface area contributed by atoms with Crippen LogP contribution in [-0.4, -0.2) is 49.1 Å². The van der Waals surface area contributed by atoms with Crippen LogP contribution in [0, 0.1) is 25.5 Å². The van der Waals surface area contributed by atoms with E-state index in [-0.39, 0.29) is 5.78 Å². The highest BCUT2D eigenvalue weighted by molar-refractivity contribution is 6.00. The minimum absolute atomic E-state index is 0.370. The number of halogens is 2. The number of esters is 1. The molecule has 2 rings (SSSR count). The number of hydrogen-bond acceptors (Lipinski definition) is 5. The first-order chi connectivity index (χ1) is 14.2. The zero-order valence-electron chi connectivity index (χ0n) is 17.1. The molecule has 1 aromatic carbocycles. The molecule has 1 amide bonds. The maximum atomic E-state index is 13.6. The fourth-order valence-electron chi connectivity index (χ4n) is 2.99. The van der Waals surface area contributed by atoms with Crippen LogP contribution in [0.25, 0.3) is 0 Å². The molecule has 2 aromatic rings. The van der Waals surface area contributed by atoms with E-state index in [1.54, 1.807) is 13.2 Å². The van der Waals surface area contributed by atoms with Gasteiger partial charge in [-0.3, -0.25) is 14.4 Å². The van der Waals surface area contributed by atoms with Crippen molar-refractivity contribution in [1.29, 1.82) is 0 Å². The summed E-state index contributed by atoms with van der Waals surface area (Å²) in [5, 5.41) is 2.17. The summed E-state index contributed by atoms with van der Waals surface area (Å²) < 4.78 is 38.4. The van der Waals surface area contributed by atoms with E-state index < -0.39 is 42.2 Å². The summed E-state index contributed by atoms with van der Waals surface area (Å²) in [6.45, 7) is 3.95. The maximum absolute atomic E-state index is 13.6. The van der Waals surface area contributed by atoms with Gasteiger partial charge in [0.25, 0.3) is 5.91 Å². The summed E-state index contributed by atoms with van der Waals surface area (Å²) in [6, 6.07) is 4.20. The van der Waals surface area contributed by atoms with Crippen molar-refractivity contribution in [3.63, 3.8) is 0 Å². The van der Waals surface area contributed by atoms with Gasteiger partial charge in [0, 0.05) is 43.3 Å². The second-order valence-corrected chi connectivity index (χ2v) is 6.67. The number of carbonyl (C=O) groups excluding carboxylic acids is 3. The Kier molecular flexibility index (Phi) is 8.23. The maximum Gasteiger partial charge on any atom is 0.325 e. The molecule has 0 unspecified atom stereocenters. The van der Waals surface area contributed by atoms with Gasteiger partial charge in [0.05, 0.1) is 5.56 Å². The third kappa shape index (κ3) is 5.96. The first kappa shape index (κ1) is 23.2. The van der Waals surface area contributed by atoms with Crippen LogP contribution >= 0.6 is 0 Å². The van der Waals surface area contributed by atoms with Gasteiger partial charge in [-0.25, -0.2) is 8.78 Å². The molecule has 0 saturated heterocycles. The van der Waals surface area contributed by atoms with Crippen LogP contribution < -0.4 is 5.32 Å². The number of ketones is 1. The second-order valence-electron chi connectivity index (χ2n) is 6.67. The van der Waals surface area contributed by atoms with E-state index in [4.69, 9.17) is 9.47 Å². The molecular formula is C21H24F2N2O5. The lowest BCUT2D eigenvalue weighted by Crippen LogP contribution is -2.32. The Morgan fingerprint density at radius 1 is 1.10 bits per heavy atom. The predicted octanol–water partition coefficient (Wildman–Crippen LogP) is 2.58. The molecule has 30 heavy (non-hydrogen) atoms. The van der Waals surface area contributed by atoms with E-state index >= 15 is 0 Å². The lowest BCUT2D eigenvalue weighted by atomic mass is 10.1. The number of methoxy groups -OCH3 is 1. The quantitative estimate of drug-likeness (QED) is 0.361.